The molecule has 0 N–H and O–H groups in total. The number of ether oxygens (including phenoxy) is 2. The fourth-order valence-corrected chi connectivity index (χ4v) is 4.52. The third-order valence-corrected chi connectivity index (χ3v) is 6.48. The van der Waals surface area contributed by atoms with Gasteiger partial charge in [0.15, 0.2) is 5.78 Å². The van der Waals surface area contributed by atoms with Crippen LogP contribution in [0.3, 0.4) is 0 Å². The van der Waals surface area contributed by atoms with E-state index in [9.17, 15) is 13.2 Å². The first-order valence-electron chi connectivity index (χ1n) is 9.26. The lowest BCUT2D eigenvalue weighted by Crippen LogP contribution is -2.30. The van der Waals surface area contributed by atoms with Crippen molar-refractivity contribution < 1.29 is 22.7 Å². The first kappa shape index (κ1) is 21.4. The van der Waals surface area contributed by atoms with Crippen molar-refractivity contribution >= 4 is 21.5 Å². The number of methoxy groups -OCH3 is 2. The van der Waals surface area contributed by atoms with Crippen LogP contribution in [0.4, 0.5) is 5.69 Å². The Hall–Kier alpha value is -3.32. The SMILES string of the molecule is COc1ccc(N(Cc2cc(C(C)=O)ccc2OC)S(=O)(=O)c2ccccc2)cc1. The molecule has 6 nitrogen and oxygen atoms in total. The highest BCUT2D eigenvalue weighted by Crippen LogP contribution is 2.30. The molecular weight excluding hydrogens is 402 g/mol. The van der Waals surface area contributed by atoms with Crippen molar-refractivity contribution in [3.8, 4) is 11.5 Å². The molecule has 0 saturated carbocycles. The van der Waals surface area contributed by atoms with E-state index in [1.807, 2.05) is 0 Å². The van der Waals surface area contributed by atoms with Gasteiger partial charge >= 0.3 is 0 Å². The van der Waals surface area contributed by atoms with Crippen molar-refractivity contribution in [1.82, 2.24) is 0 Å². The summed E-state index contributed by atoms with van der Waals surface area (Å²) in [7, 11) is -0.821. The minimum atomic E-state index is -3.88. The predicted octanol–water partition coefficient (Wildman–Crippen LogP) is 4.30. The van der Waals surface area contributed by atoms with Crippen molar-refractivity contribution in [3.05, 3.63) is 83.9 Å². The average Bonchev–Trinajstić information content (AvgIpc) is 2.77. The van der Waals surface area contributed by atoms with Gasteiger partial charge in [0.25, 0.3) is 10.0 Å². The van der Waals surface area contributed by atoms with E-state index in [4.69, 9.17) is 9.47 Å². The first-order valence-corrected chi connectivity index (χ1v) is 10.7. The minimum absolute atomic E-state index is 0.00610. The van der Waals surface area contributed by atoms with Crippen molar-refractivity contribution in [1.29, 1.82) is 0 Å². The lowest BCUT2D eigenvalue weighted by molar-refractivity contribution is 0.101. The maximum absolute atomic E-state index is 13.5. The van der Waals surface area contributed by atoms with Crippen LogP contribution in [-0.2, 0) is 16.6 Å². The Bertz CT molecular complexity index is 1130. The van der Waals surface area contributed by atoms with Crippen LogP contribution in [0.1, 0.15) is 22.8 Å². The third-order valence-electron chi connectivity index (χ3n) is 4.69. The number of carbonyl (C=O) groups excluding carboxylic acids is 1. The number of anilines is 1. The fraction of sp³-hybridized carbons (Fsp3) is 0.174. The van der Waals surface area contributed by atoms with E-state index < -0.39 is 10.0 Å². The summed E-state index contributed by atoms with van der Waals surface area (Å²) in [4.78, 5) is 12.0. The van der Waals surface area contributed by atoms with Crippen LogP contribution in [0.25, 0.3) is 0 Å². The highest BCUT2D eigenvalue weighted by atomic mass is 32.2. The van der Waals surface area contributed by atoms with Gasteiger partial charge in [0, 0.05) is 11.1 Å². The molecule has 156 valence electrons. The zero-order chi connectivity index (χ0) is 21.7. The van der Waals surface area contributed by atoms with Gasteiger partial charge in [0.2, 0.25) is 0 Å². The lowest BCUT2D eigenvalue weighted by atomic mass is 10.1. The van der Waals surface area contributed by atoms with Gasteiger partial charge in [-0.05, 0) is 61.5 Å². The summed E-state index contributed by atoms with van der Waals surface area (Å²) in [6.45, 7) is 1.46. The lowest BCUT2D eigenvalue weighted by Gasteiger charge is -2.26. The molecule has 0 radical (unpaired) electrons. The Morgan fingerprint density at radius 3 is 2.13 bits per heavy atom. The largest absolute Gasteiger partial charge is 0.497 e. The van der Waals surface area contributed by atoms with E-state index in [0.29, 0.717) is 28.3 Å². The predicted molar refractivity (Wildman–Crippen MR) is 116 cm³/mol. The zero-order valence-electron chi connectivity index (χ0n) is 17.0. The van der Waals surface area contributed by atoms with Crippen LogP contribution >= 0.6 is 0 Å². The van der Waals surface area contributed by atoms with E-state index in [0.717, 1.165) is 0 Å². The van der Waals surface area contributed by atoms with Crippen molar-refractivity contribution in [3.63, 3.8) is 0 Å². The van der Waals surface area contributed by atoms with Crippen LogP contribution in [0.5, 0.6) is 11.5 Å². The van der Waals surface area contributed by atoms with E-state index in [1.54, 1.807) is 79.9 Å². The van der Waals surface area contributed by atoms with Crippen molar-refractivity contribution in [2.75, 3.05) is 18.5 Å². The summed E-state index contributed by atoms with van der Waals surface area (Å²) in [5.74, 6) is 1.01. The molecule has 0 atom stereocenters. The number of carbonyl (C=O) groups is 1. The second kappa shape index (κ2) is 9.00. The van der Waals surface area contributed by atoms with E-state index >= 15 is 0 Å². The monoisotopic (exact) mass is 425 g/mol. The van der Waals surface area contributed by atoms with Crippen LogP contribution in [0, 0.1) is 0 Å². The second-order valence-electron chi connectivity index (χ2n) is 6.61. The molecule has 0 aliphatic carbocycles. The number of nitrogens with zero attached hydrogens (tertiary/aromatic N) is 1. The van der Waals surface area contributed by atoms with Crippen LogP contribution in [0.15, 0.2) is 77.7 Å². The molecule has 30 heavy (non-hydrogen) atoms. The van der Waals surface area contributed by atoms with Gasteiger partial charge in [0.1, 0.15) is 11.5 Å². The minimum Gasteiger partial charge on any atom is -0.497 e. The molecule has 0 fully saturated rings. The summed E-state index contributed by atoms with van der Waals surface area (Å²) in [6, 6.07) is 20.0. The smallest absolute Gasteiger partial charge is 0.264 e. The van der Waals surface area contributed by atoms with E-state index in [1.165, 1.54) is 18.3 Å². The quantitative estimate of drug-likeness (QED) is 0.503. The normalized spacial score (nSPS) is 11.0. The van der Waals surface area contributed by atoms with Crippen LogP contribution < -0.4 is 13.8 Å². The standard InChI is InChI=1S/C23H23NO5S/c1-17(25)18-9-14-23(29-3)19(15-18)16-24(20-10-12-21(28-2)13-11-20)30(26,27)22-7-5-4-6-8-22/h4-15H,16H2,1-3H3. The van der Waals surface area contributed by atoms with Gasteiger partial charge in [0.05, 0.1) is 31.3 Å². The number of ketones is 1. The summed E-state index contributed by atoms with van der Waals surface area (Å²) in [5.41, 5.74) is 1.54. The van der Waals surface area contributed by atoms with Gasteiger partial charge in [-0.3, -0.25) is 9.10 Å². The first-order chi connectivity index (χ1) is 14.4. The molecule has 3 aromatic rings. The maximum Gasteiger partial charge on any atom is 0.264 e. The molecule has 0 saturated heterocycles. The average molecular weight is 426 g/mol. The highest BCUT2D eigenvalue weighted by Gasteiger charge is 2.26. The van der Waals surface area contributed by atoms with E-state index in [2.05, 4.69) is 0 Å². The number of hydrogen-bond acceptors (Lipinski definition) is 5. The molecule has 0 unspecified atom stereocenters. The molecule has 0 spiro atoms. The number of sulfonamides is 1. The van der Waals surface area contributed by atoms with Gasteiger partial charge in [-0.1, -0.05) is 18.2 Å². The molecule has 0 amide bonds. The fourth-order valence-electron chi connectivity index (χ4n) is 3.06. The summed E-state index contributed by atoms with van der Waals surface area (Å²) < 4.78 is 38.9. The summed E-state index contributed by atoms with van der Waals surface area (Å²) in [6.07, 6.45) is 0. The highest BCUT2D eigenvalue weighted by molar-refractivity contribution is 7.92. The maximum atomic E-state index is 13.5. The Kier molecular flexibility index (Phi) is 6.42. The van der Waals surface area contributed by atoms with Crippen LogP contribution in [0.2, 0.25) is 0 Å². The molecule has 7 heteroatoms. The Balaban J connectivity index is 2.13. The number of benzene rings is 3. The van der Waals surface area contributed by atoms with Gasteiger partial charge in [-0.2, -0.15) is 0 Å². The van der Waals surface area contributed by atoms with Crippen LogP contribution in [-0.4, -0.2) is 28.4 Å². The number of hydrogen-bond donors (Lipinski definition) is 0. The molecule has 3 aromatic carbocycles. The van der Waals surface area contributed by atoms with Crippen molar-refractivity contribution in [2.45, 2.75) is 18.4 Å². The Morgan fingerprint density at radius 1 is 0.900 bits per heavy atom. The molecule has 0 heterocycles. The van der Waals surface area contributed by atoms with Gasteiger partial charge in [-0.25, -0.2) is 8.42 Å². The Labute approximate surface area is 176 Å². The molecular formula is C23H23NO5S. The van der Waals surface area contributed by atoms with Gasteiger partial charge < -0.3 is 9.47 Å². The molecule has 0 aliphatic heterocycles. The van der Waals surface area contributed by atoms with Crippen molar-refractivity contribution in [2.24, 2.45) is 0 Å². The molecule has 0 aromatic heterocycles. The Morgan fingerprint density at radius 2 is 1.57 bits per heavy atom. The topological polar surface area (TPSA) is 72.9 Å². The number of Topliss-reactive ketones (excluding diaryl/α,β-unsaturated/α-hetero) is 1. The molecule has 0 aliphatic rings. The van der Waals surface area contributed by atoms with E-state index in [-0.39, 0.29) is 17.2 Å². The molecule has 0 bridgehead atoms. The number of rotatable bonds is 8. The zero-order valence-corrected chi connectivity index (χ0v) is 17.8. The summed E-state index contributed by atoms with van der Waals surface area (Å²) in [5, 5.41) is 0. The third kappa shape index (κ3) is 4.46. The second-order valence-corrected chi connectivity index (χ2v) is 8.47. The van der Waals surface area contributed by atoms with Gasteiger partial charge in [-0.15, -0.1) is 0 Å². The molecule has 3 rings (SSSR count). The summed E-state index contributed by atoms with van der Waals surface area (Å²) >= 11 is 0.